The number of carbonyl (C=O) groups excluding carboxylic acids is 1. The first-order chi connectivity index (χ1) is 11.6. The van der Waals surface area contributed by atoms with Gasteiger partial charge in [0.05, 0.1) is 17.5 Å². The van der Waals surface area contributed by atoms with Crippen LogP contribution in [-0.4, -0.2) is 10.5 Å². The maximum atomic E-state index is 12.9. The van der Waals surface area contributed by atoms with Gasteiger partial charge in [0.15, 0.2) is 0 Å². The summed E-state index contributed by atoms with van der Waals surface area (Å²) < 4.78 is 8.07. The van der Waals surface area contributed by atoms with E-state index in [0.29, 0.717) is 11.3 Å². The minimum atomic E-state index is -0.311. The lowest BCUT2D eigenvalue weighted by Crippen LogP contribution is -2.31. The number of esters is 1. The summed E-state index contributed by atoms with van der Waals surface area (Å²) in [6.07, 6.45) is 0.169. The quantitative estimate of drug-likeness (QED) is 0.601. The monoisotopic (exact) mass is 383 g/mol. The molecule has 1 aliphatic rings. The van der Waals surface area contributed by atoms with Gasteiger partial charge in [0, 0.05) is 22.8 Å². The van der Waals surface area contributed by atoms with Crippen LogP contribution in [0.1, 0.15) is 23.5 Å². The van der Waals surface area contributed by atoms with E-state index in [4.69, 9.17) is 4.74 Å². The van der Waals surface area contributed by atoms with Crippen molar-refractivity contribution in [2.45, 2.75) is 12.3 Å². The highest BCUT2D eigenvalue weighted by Gasteiger charge is 2.33. The van der Waals surface area contributed by atoms with E-state index in [1.54, 1.807) is 11.6 Å². The molecule has 0 amide bonds. The maximum absolute atomic E-state index is 12.9. The van der Waals surface area contributed by atoms with E-state index in [1.165, 1.54) is 0 Å². The van der Waals surface area contributed by atoms with Crippen LogP contribution >= 0.6 is 15.9 Å². The first-order valence-corrected chi connectivity index (χ1v) is 8.43. The molecular formula is C19H14BrNO3. The second kappa shape index (κ2) is 5.60. The van der Waals surface area contributed by atoms with Crippen LogP contribution < -0.4 is 10.3 Å². The predicted octanol–water partition coefficient (Wildman–Crippen LogP) is 3.74. The van der Waals surface area contributed by atoms with Gasteiger partial charge in [0.2, 0.25) is 0 Å². The number of nitrogens with zero attached hydrogens (tertiary/aromatic N) is 1. The van der Waals surface area contributed by atoms with Crippen molar-refractivity contribution < 1.29 is 9.53 Å². The van der Waals surface area contributed by atoms with Crippen molar-refractivity contribution in [3.05, 3.63) is 74.5 Å². The molecule has 0 saturated heterocycles. The van der Waals surface area contributed by atoms with Crippen LogP contribution in [0.2, 0.25) is 0 Å². The van der Waals surface area contributed by atoms with Gasteiger partial charge in [-0.3, -0.25) is 9.59 Å². The van der Waals surface area contributed by atoms with Gasteiger partial charge in [0.1, 0.15) is 5.75 Å². The molecule has 1 unspecified atom stereocenters. The molecule has 2 aromatic carbocycles. The molecule has 24 heavy (non-hydrogen) atoms. The van der Waals surface area contributed by atoms with Crippen molar-refractivity contribution in [3.63, 3.8) is 0 Å². The summed E-state index contributed by atoms with van der Waals surface area (Å²) in [6, 6.07) is 15.2. The Morgan fingerprint density at radius 2 is 1.79 bits per heavy atom. The van der Waals surface area contributed by atoms with Crippen LogP contribution in [0.15, 0.2) is 57.8 Å². The van der Waals surface area contributed by atoms with E-state index >= 15 is 0 Å². The third-order valence-corrected chi connectivity index (χ3v) is 5.03. The second-order valence-corrected chi connectivity index (χ2v) is 6.82. The Kier molecular flexibility index (Phi) is 3.53. The van der Waals surface area contributed by atoms with E-state index in [9.17, 15) is 9.59 Å². The third kappa shape index (κ3) is 2.27. The smallest absolute Gasteiger partial charge is 0.312 e. The summed E-state index contributed by atoms with van der Waals surface area (Å²) in [4.78, 5) is 25.1. The maximum Gasteiger partial charge on any atom is 0.312 e. The summed E-state index contributed by atoms with van der Waals surface area (Å²) in [5.74, 6) is -0.204. The Labute approximate surface area is 146 Å². The third-order valence-electron chi connectivity index (χ3n) is 4.50. The summed E-state index contributed by atoms with van der Waals surface area (Å²) in [5, 5.41) is 0.782. The van der Waals surface area contributed by atoms with Crippen LogP contribution in [0.25, 0.3) is 10.9 Å². The van der Waals surface area contributed by atoms with Crippen molar-refractivity contribution >= 4 is 32.8 Å². The minimum absolute atomic E-state index is 0.121. The molecule has 1 aliphatic heterocycles. The first kappa shape index (κ1) is 15.1. The number of fused-ring (bicyclic) bond motifs is 3. The van der Waals surface area contributed by atoms with Crippen LogP contribution in [0, 0.1) is 0 Å². The Hall–Kier alpha value is -2.40. The van der Waals surface area contributed by atoms with Gasteiger partial charge in [-0.2, -0.15) is 0 Å². The Bertz CT molecular complexity index is 1020. The molecule has 2 heterocycles. The summed E-state index contributed by atoms with van der Waals surface area (Å²) in [6.45, 7) is 0. The fourth-order valence-electron chi connectivity index (χ4n) is 3.31. The second-order valence-electron chi connectivity index (χ2n) is 5.91. The van der Waals surface area contributed by atoms with E-state index in [2.05, 4.69) is 15.9 Å². The number of hydrogen-bond donors (Lipinski definition) is 0. The number of halogens is 1. The average Bonchev–Trinajstić information content (AvgIpc) is 2.59. The number of ether oxygens (including phenoxy) is 1. The van der Waals surface area contributed by atoms with Crippen LogP contribution in [0.3, 0.4) is 0 Å². The van der Waals surface area contributed by atoms with E-state index < -0.39 is 0 Å². The van der Waals surface area contributed by atoms with Gasteiger partial charge in [0.25, 0.3) is 5.56 Å². The lowest BCUT2D eigenvalue weighted by molar-refractivity contribution is -0.135. The largest absolute Gasteiger partial charge is 0.425 e. The zero-order valence-electron chi connectivity index (χ0n) is 13.0. The molecule has 4 rings (SSSR count). The number of aryl methyl sites for hydroxylation is 1. The number of pyridine rings is 1. The van der Waals surface area contributed by atoms with Gasteiger partial charge >= 0.3 is 5.97 Å². The molecule has 3 aromatic rings. The molecule has 0 bridgehead atoms. The van der Waals surface area contributed by atoms with E-state index in [-0.39, 0.29) is 23.9 Å². The number of aromatic nitrogens is 1. The van der Waals surface area contributed by atoms with Crippen molar-refractivity contribution in [2.75, 3.05) is 0 Å². The molecule has 0 radical (unpaired) electrons. The van der Waals surface area contributed by atoms with Crippen LogP contribution in [-0.2, 0) is 11.8 Å². The normalized spacial score (nSPS) is 16.8. The minimum Gasteiger partial charge on any atom is -0.425 e. The predicted molar refractivity (Wildman–Crippen MR) is 95.4 cm³/mol. The molecule has 0 aliphatic carbocycles. The fourth-order valence-corrected chi connectivity index (χ4v) is 3.58. The number of rotatable bonds is 1. The topological polar surface area (TPSA) is 48.3 Å². The highest BCUT2D eigenvalue weighted by molar-refractivity contribution is 9.10. The molecule has 1 atom stereocenters. The molecule has 4 nitrogen and oxygen atoms in total. The lowest BCUT2D eigenvalue weighted by atomic mass is 9.86. The molecule has 120 valence electrons. The molecule has 0 fully saturated rings. The van der Waals surface area contributed by atoms with Crippen molar-refractivity contribution in [2.24, 2.45) is 7.05 Å². The Morgan fingerprint density at radius 3 is 2.54 bits per heavy atom. The summed E-state index contributed by atoms with van der Waals surface area (Å²) in [7, 11) is 1.75. The van der Waals surface area contributed by atoms with Crippen molar-refractivity contribution in [3.8, 4) is 5.75 Å². The number of hydrogen-bond acceptors (Lipinski definition) is 3. The molecule has 0 saturated carbocycles. The molecule has 0 spiro atoms. The first-order valence-electron chi connectivity index (χ1n) is 7.64. The standard InChI is InChI=1S/C19H14BrNO3/c1-21-15-5-3-2-4-13(15)18-17(19(21)23)14(10-16(22)24-18)11-6-8-12(20)9-7-11/h2-9,14H,10H2,1H3. The summed E-state index contributed by atoms with van der Waals surface area (Å²) >= 11 is 3.41. The zero-order valence-corrected chi connectivity index (χ0v) is 14.5. The number of benzene rings is 2. The average molecular weight is 384 g/mol. The SMILES string of the molecule is Cn1c(=O)c2c(c3ccccc31)OC(=O)CC2c1ccc(Br)cc1. The fraction of sp³-hybridized carbons (Fsp3) is 0.158. The highest BCUT2D eigenvalue weighted by atomic mass is 79.9. The number of carbonyl (C=O) groups is 1. The van der Waals surface area contributed by atoms with Gasteiger partial charge in [-0.05, 0) is 29.8 Å². The van der Waals surface area contributed by atoms with E-state index in [0.717, 1.165) is 20.9 Å². The van der Waals surface area contributed by atoms with Crippen LogP contribution in [0.4, 0.5) is 0 Å². The Morgan fingerprint density at radius 1 is 1.08 bits per heavy atom. The van der Waals surface area contributed by atoms with Gasteiger partial charge in [-0.1, -0.05) is 40.2 Å². The van der Waals surface area contributed by atoms with Gasteiger partial charge in [-0.25, -0.2) is 0 Å². The number of para-hydroxylation sites is 1. The molecular weight excluding hydrogens is 370 g/mol. The molecule has 1 aromatic heterocycles. The summed E-state index contributed by atoms with van der Waals surface area (Å²) in [5.41, 5.74) is 2.12. The highest BCUT2D eigenvalue weighted by Crippen LogP contribution is 2.40. The van der Waals surface area contributed by atoms with Crippen molar-refractivity contribution in [1.29, 1.82) is 0 Å². The van der Waals surface area contributed by atoms with E-state index in [1.807, 2.05) is 48.5 Å². The molecule has 0 N–H and O–H groups in total. The van der Waals surface area contributed by atoms with Gasteiger partial charge in [-0.15, -0.1) is 0 Å². The van der Waals surface area contributed by atoms with Crippen LogP contribution in [0.5, 0.6) is 5.75 Å². The lowest BCUT2D eigenvalue weighted by Gasteiger charge is -2.26. The zero-order chi connectivity index (χ0) is 16.8. The van der Waals surface area contributed by atoms with Gasteiger partial charge < -0.3 is 9.30 Å². The Balaban J connectivity index is 2.05. The molecule has 5 heteroatoms. The van der Waals surface area contributed by atoms with Crippen molar-refractivity contribution in [1.82, 2.24) is 4.57 Å².